The molecule has 2 aliphatic heterocycles. The molecule has 36 heavy (non-hydrogen) atoms. The Labute approximate surface area is 204 Å². The highest BCUT2D eigenvalue weighted by molar-refractivity contribution is 5.79. The Bertz CT molecular complexity index is 1090. The van der Waals surface area contributed by atoms with E-state index in [1.54, 1.807) is 0 Å². The third-order valence-electron chi connectivity index (χ3n) is 6.10. The number of rotatable bonds is 8. The Balaban J connectivity index is 1.56. The van der Waals surface area contributed by atoms with Gasteiger partial charge in [-0.05, 0) is 48.2 Å². The first-order valence-corrected chi connectivity index (χ1v) is 11.2. The Morgan fingerprint density at radius 3 is 1.39 bits per heavy atom. The Kier molecular flexibility index (Phi) is 7.08. The highest BCUT2D eigenvalue weighted by Crippen LogP contribution is 2.32. The summed E-state index contributed by atoms with van der Waals surface area (Å²) in [5, 5.41) is 27.5. The molecular weight excluding hydrogens is 476 g/mol. The summed E-state index contributed by atoms with van der Waals surface area (Å²) in [5.41, 5.74) is 0.549. The molecule has 0 saturated carbocycles. The number of benzene rings is 2. The number of nitrogens with one attached hydrogen (secondary N) is 2. The van der Waals surface area contributed by atoms with Crippen LogP contribution in [0, 0.1) is 20.2 Å². The Morgan fingerprint density at radius 1 is 0.750 bits per heavy atom. The van der Waals surface area contributed by atoms with Crippen molar-refractivity contribution in [1.29, 1.82) is 0 Å². The predicted octanol–water partition coefficient (Wildman–Crippen LogP) is 3.00. The lowest BCUT2D eigenvalue weighted by atomic mass is 10.00. The lowest BCUT2D eigenvalue weighted by molar-refractivity contribution is -0.385. The highest BCUT2D eigenvalue weighted by Gasteiger charge is 2.37. The molecule has 13 heteroatoms. The molecule has 2 aromatic carbocycles. The number of carbonyl (C=O) groups is 3. The maximum atomic E-state index is 13.0. The van der Waals surface area contributed by atoms with Crippen molar-refractivity contribution in [3.05, 3.63) is 79.9 Å². The molecule has 2 N–H and O–H groups in total. The first kappa shape index (κ1) is 24.6. The summed E-state index contributed by atoms with van der Waals surface area (Å²) in [6.45, 7) is 0. The average Bonchev–Trinajstić information content (AvgIpc) is 3.49. The summed E-state index contributed by atoms with van der Waals surface area (Å²) >= 11 is 0. The number of amides is 2. The van der Waals surface area contributed by atoms with Gasteiger partial charge in [0.1, 0.15) is 0 Å². The SMILES string of the molecule is O=C1CC[C@@H]([C@@H](OC(=O)O[C@@H](c2ccc([N+](=O)[O-])cc2)[C@@H]2CCC(=O)N2)c2ccc([N+](=O)[O-])cc2)N1. The minimum absolute atomic E-state index is 0.147. The maximum absolute atomic E-state index is 13.0. The first-order chi connectivity index (χ1) is 17.2. The van der Waals surface area contributed by atoms with E-state index in [9.17, 15) is 34.6 Å². The number of nitro groups is 2. The Hall–Kier alpha value is -4.55. The van der Waals surface area contributed by atoms with Crippen LogP contribution in [0.25, 0.3) is 0 Å². The molecule has 2 fully saturated rings. The van der Waals surface area contributed by atoms with Gasteiger partial charge in [-0.1, -0.05) is 0 Å². The number of carbonyl (C=O) groups excluding carboxylic acids is 3. The average molecular weight is 498 g/mol. The van der Waals surface area contributed by atoms with Gasteiger partial charge in [-0.25, -0.2) is 4.79 Å². The molecule has 4 rings (SSSR count). The van der Waals surface area contributed by atoms with E-state index in [1.165, 1.54) is 48.5 Å². The molecule has 0 radical (unpaired) electrons. The standard InChI is InChI=1S/C23H22N4O9/c28-19-11-9-17(24-19)21(13-1-5-15(6-2-13)26(31)32)35-23(30)36-22(18-10-12-20(29)25-18)14-3-7-16(8-4-14)27(33)34/h1-8,17-18,21-22H,9-12H2,(H,24,28)(H,25,29)/t17-,18-,21-,22-/m0/s1. The molecule has 4 atom stereocenters. The first-order valence-electron chi connectivity index (χ1n) is 11.2. The lowest BCUT2D eigenvalue weighted by Crippen LogP contribution is -2.36. The summed E-state index contributed by atoms with van der Waals surface area (Å²) in [5.74, 6) is -0.442. The van der Waals surface area contributed by atoms with Gasteiger partial charge < -0.3 is 20.1 Å². The molecule has 2 aromatic rings. The van der Waals surface area contributed by atoms with Crippen LogP contribution in [0.3, 0.4) is 0 Å². The van der Waals surface area contributed by atoms with E-state index < -0.39 is 40.3 Å². The van der Waals surface area contributed by atoms with Crippen LogP contribution in [0.4, 0.5) is 16.2 Å². The van der Waals surface area contributed by atoms with Crippen LogP contribution in [0.5, 0.6) is 0 Å². The third-order valence-corrected chi connectivity index (χ3v) is 6.10. The van der Waals surface area contributed by atoms with Gasteiger partial charge in [0.2, 0.25) is 11.8 Å². The van der Waals surface area contributed by atoms with E-state index in [1.807, 2.05) is 0 Å². The number of nitrogens with zero attached hydrogens (tertiary/aromatic N) is 2. The second kappa shape index (κ2) is 10.4. The molecule has 2 aliphatic rings. The monoisotopic (exact) mass is 498 g/mol. The maximum Gasteiger partial charge on any atom is 0.509 e. The molecule has 2 amide bonds. The smallest absolute Gasteiger partial charge is 0.424 e. The number of hydrogen-bond donors (Lipinski definition) is 2. The molecular formula is C23H22N4O9. The zero-order chi connectivity index (χ0) is 25.8. The van der Waals surface area contributed by atoms with Crippen LogP contribution in [-0.2, 0) is 19.1 Å². The molecule has 0 aliphatic carbocycles. The second-order valence-electron chi connectivity index (χ2n) is 8.45. The molecule has 0 aromatic heterocycles. The molecule has 0 unspecified atom stereocenters. The summed E-state index contributed by atoms with van der Waals surface area (Å²) in [6.07, 6.45) is -1.86. The highest BCUT2D eigenvalue weighted by atomic mass is 16.7. The minimum atomic E-state index is -1.09. The van der Waals surface area contributed by atoms with Gasteiger partial charge in [-0.3, -0.25) is 29.8 Å². The van der Waals surface area contributed by atoms with Gasteiger partial charge in [-0.15, -0.1) is 0 Å². The van der Waals surface area contributed by atoms with Crippen LogP contribution < -0.4 is 10.6 Å². The zero-order valence-electron chi connectivity index (χ0n) is 18.8. The van der Waals surface area contributed by atoms with Crippen molar-refractivity contribution in [3.8, 4) is 0 Å². The zero-order valence-corrected chi connectivity index (χ0v) is 18.8. The molecule has 2 heterocycles. The molecule has 2 saturated heterocycles. The van der Waals surface area contributed by atoms with Crippen molar-refractivity contribution < 1.29 is 33.7 Å². The van der Waals surface area contributed by atoms with Crippen LogP contribution in [-0.4, -0.2) is 39.9 Å². The number of nitro benzene ring substituents is 2. The summed E-state index contributed by atoms with van der Waals surface area (Å²) in [4.78, 5) is 57.4. The second-order valence-corrected chi connectivity index (χ2v) is 8.45. The van der Waals surface area contributed by atoms with E-state index in [-0.39, 0.29) is 36.0 Å². The topological polar surface area (TPSA) is 180 Å². The van der Waals surface area contributed by atoms with Crippen LogP contribution in [0.1, 0.15) is 49.0 Å². The molecule has 13 nitrogen and oxygen atoms in total. The number of hydrogen-bond acceptors (Lipinski definition) is 9. The summed E-state index contributed by atoms with van der Waals surface area (Å²) in [7, 11) is 0. The fourth-order valence-corrected chi connectivity index (χ4v) is 4.30. The van der Waals surface area contributed by atoms with E-state index >= 15 is 0 Å². The van der Waals surface area contributed by atoms with Gasteiger partial charge in [0, 0.05) is 37.1 Å². The van der Waals surface area contributed by atoms with Crippen molar-refractivity contribution in [1.82, 2.24) is 10.6 Å². The van der Waals surface area contributed by atoms with Crippen LogP contribution in [0.15, 0.2) is 48.5 Å². The van der Waals surface area contributed by atoms with E-state index in [2.05, 4.69) is 10.6 Å². The van der Waals surface area contributed by atoms with Gasteiger partial charge >= 0.3 is 6.16 Å². The van der Waals surface area contributed by atoms with Crippen molar-refractivity contribution >= 4 is 29.3 Å². The normalized spacial score (nSPS) is 20.7. The van der Waals surface area contributed by atoms with Crippen LogP contribution in [0.2, 0.25) is 0 Å². The fraction of sp³-hybridized carbons (Fsp3) is 0.348. The summed E-state index contributed by atoms with van der Waals surface area (Å²) in [6, 6.07) is 9.66. The quantitative estimate of drug-likeness (QED) is 0.314. The van der Waals surface area contributed by atoms with E-state index in [0.29, 0.717) is 24.0 Å². The van der Waals surface area contributed by atoms with E-state index in [0.717, 1.165) is 0 Å². The van der Waals surface area contributed by atoms with Gasteiger partial charge in [0.25, 0.3) is 11.4 Å². The van der Waals surface area contributed by atoms with Crippen molar-refractivity contribution in [3.63, 3.8) is 0 Å². The van der Waals surface area contributed by atoms with Crippen molar-refractivity contribution in [2.45, 2.75) is 50.0 Å². The number of non-ortho nitro benzene ring substituents is 2. The molecule has 0 bridgehead atoms. The summed E-state index contributed by atoms with van der Waals surface area (Å²) < 4.78 is 11.2. The fourth-order valence-electron chi connectivity index (χ4n) is 4.30. The lowest BCUT2D eigenvalue weighted by Gasteiger charge is -2.27. The van der Waals surface area contributed by atoms with Crippen molar-refractivity contribution in [2.75, 3.05) is 0 Å². The minimum Gasteiger partial charge on any atom is -0.424 e. The number of ether oxygens (including phenoxy) is 2. The third kappa shape index (κ3) is 5.56. The molecule has 0 spiro atoms. The van der Waals surface area contributed by atoms with Gasteiger partial charge in [-0.2, -0.15) is 0 Å². The molecule has 188 valence electrons. The predicted molar refractivity (Wildman–Crippen MR) is 122 cm³/mol. The van der Waals surface area contributed by atoms with Crippen molar-refractivity contribution in [2.24, 2.45) is 0 Å². The van der Waals surface area contributed by atoms with E-state index in [4.69, 9.17) is 9.47 Å². The van der Waals surface area contributed by atoms with Gasteiger partial charge in [0.05, 0.1) is 21.9 Å². The van der Waals surface area contributed by atoms with Crippen LogP contribution >= 0.6 is 0 Å². The Morgan fingerprint density at radius 2 is 1.11 bits per heavy atom. The largest absolute Gasteiger partial charge is 0.509 e. The van der Waals surface area contributed by atoms with Gasteiger partial charge in [0.15, 0.2) is 12.2 Å².